The Morgan fingerprint density at radius 2 is 2.11 bits per heavy atom. The molecular formula is C14H19BrN2O. The molecule has 18 heavy (non-hydrogen) atoms. The highest BCUT2D eigenvalue weighted by Gasteiger charge is 2.13. The van der Waals surface area contributed by atoms with Crippen molar-refractivity contribution in [1.29, 1.82) is 0 Å². The zero-order valence-electron chi connectivity index (χ0n) is 10.4. The van der Waals surface area contributed by atoms with E-state index in [1.165, 1.54) is 19.3 Å². The summed E-state index contributed by atoms with van der Waals surface area (Å²) in [6.07, 6.45) is 4.14. The SMILES string of the molecule is O=C(Cc1ccc(Br)cc1)NCC1CCCCN1. The van der Waals surface area contributed by atoms with Crippen LogP contribution in [0.3, 0.4) is 0 Å². The molecule has 0 radical (unpaired) electrons. The van der Waals surface area contributed by atoms with Gasteiger partial charge < -0.3 is 10.6 Å². The van der Waals surface area contributed by atoms with Gasteiger partial charge in [0.15, 0.2) is 0 Å². The number of amides is 1. The summed E-state index contributed by atoms with van der Waals surface area (Å²) >= 11 is 3.39. The van der Waals surface area contributed by atoms with Crippen molar-refractivity contribution in [2.24, 2.45) is 0 Å². The fourth-order valence-electron chi connectivity index (χ4n) is 2.19. The van der Waals surface area contributed by atoms with Gasteiger partial charge in [-0.1, -0.05) is 34.5 Å². The van der Waals surface area contributed by atoms with Crippen LogP contribution in [0.15, 0.2) is 28.7 Å². The van der Waals surface area contributed by atoms with Gasteiger partial charge in [-0.25, -0.2) is 0 Å². The van der Waals surface area contributed by atoms with Crippen molar-refractivity contribution in [3.05, 3.63) is 34.3 Å². The molecule has 2 rings (SSSR count). The van der Waals surface area contributed by atoms with Gasteiger partial charge in [0.2, 0.25) is 5.91 Å². The number of hydrogen-bond acceptors (Lipinski definition) is 2. The molecule has 0 aromatic heterocycles. The zero-order valence-corrected chi connectivity index (χ0v) is 12.0. The van der Waals surface area contributed by atoms with Gasteiger partial charge in [0, 0.05) is 17.1 Å². The van der Waals surface area contributed by atoms with Crippen LogP contribution in [0, 0.1) is 0 Å². The van der Waals surface area contributed by atoms with E-state index in [4.69, 9.17) is 0 Å². The first-order chi connectivity index (χ1) is 8.74. The van der Waals surface area contributed by atoms with Gasteiger partial charge in [-0.3, -0.25) is 4.79 Å². The molecule has 1 fully saturated rings. The molecule has 0 spiro atoms. The average molecular weight is 311 g/mol. The van der Waals surface area contributed by atoms with E-state index >= 15 is 0 Å². The first-order valence-corrected chi connectivity index (χ1v) is 7.28. The van der Waals surface area contributed by atoms with Gasteiger partial charge >= 0.3 is 0 Å². The minimum Gasteiger partial charge on any atom is -0.354 e. The maximum Gasteiger partial charge on any atom is 0.224 e. The van der Waals surface area contributed by atoms with Crippen molar-refractivity contribution in [1.82, 2.24) is 10.6 Å². The van der Waals surface area contributed by atoms with E-state index in [0.29, 0.717) is 12.5 Å². The molecule has 3 nitrogen and oxygen atoms in total. The molecule has 1 aliphatic rings. The number of nitrogens with one attached hydrogen (secondary N) is 2. The summed E-state index contributed by atoms with van der Waals surface area (Å²) in [6.45, 7) is 1.82. The third kappa shape index (κ3) is 4.42. The van der Waals surface area contributed by atoms with Crippen LogP contribution < -0.4 is 10.6 Å². The molecule has 0 saturated carbocycles. The molecule has 1 amide bonds. The van der Waals surface area contributed by atoms with Gasteiger partial charge in [0.1, 0.15) is 0 Å². The second kappa shape index (κ2) is 6.90. The van der Waals surface area contributed by atoms with E-state index in [1.807, 2.05) is 24.3 Å². The number of carbonyl (C=O) groups is 1. The molecule has 1 aliphatic heterocycles. The van der Waals surface area contributed by atoms with Crippen molar-refractivity contribution in [2.75, 3.05) is 13.1 Å². The van der Waals surface area contributed by atoms with Crippen molar-refractivity contribution in [3.63, 3.8) is 0 Å². The van der Waals surface area contributed by atoms with Crippen molar-refractivity contribution in [3.8, 4) is 0 Å². The summed E-state index contributed by atoms with van der Waals surface area (Å²) in [6, 6.07) is 8.33. The Hall–Kier alpha value is -0.870. The highest BCUT2D eigenvalue weighted by molar-refractivity contribution is 9.10. The summed E-state index contributed by atoms with van der Waals surface area (Å²) in [7, 11) is 0. The molecule has 0 bridgehead atoms. The van der Waals surface area contributed by atoms with Gasteiger partial charge in [0.25, 0.3) is 0 Å². The second-order valence-corrected chi connectivity index (χ2v) is 5.67. The monoisotopic (exact) mass is 310 g/mol. The van der Waals surface area contributed by atoms with Gasteiger partial charge in [-0.2, -0.15) is 0 Å². The third-order valence-corrected chi connectivity index (χ3v) is 3.76. The Labute approximate surface area is 116 Å². The van der Waals surface area contributed by atoms with E-state index < -0.39 is 0 Å². The first-order valence-electron chi connectivity index (χ1n) is 6.48. The quantitative estimate of drug-likeness (QED) is 0.895. The van der Waals surface area contributed by atoms with E-state index in [1.54, 1.807) is 0 Å². The van der Waals surface area contributed by atoms with Gasteiger partial charge in [-0.05, 0) is 37.1 Å². The predicted octanol–water partition coefficient (Wildman–Crippen LogP) is 2.25. The molecule has 0 aliphatic carbocycles. The number of hydrogen-bond donors (Lipinski definition) is 2. The predicted molar refractivity (Wildman–Crippen MR) is 76.5 cm³/mol. The highest BCUT2D eigenvalue weighted by atomic mass is 79.9. The maximum atomic E-state index is 11.8. The van der Waals surface area contributed by atoms with Crippen LogP contribution in [0.5, 0.6) is 0 Å². The number of benzene rings is 1. The van der Waals surface area contributed by atoms with Crippen LogP contribution in [0.4, 0.5) is 0 Å². The lowest BCUT2D eigenvalue weighted by Gasteiger charge is -2.23. The number of piperidine rings is 1. The number of rotatable bonds is 4. The smallest absolute Gasteiger partial charge is 0.224 e. The summed E-state index contributed by atoms with van der Waals surface area (Å²) in [4.78, 5) is 11.8. The summed E-state index contributed by atoms with van der Waals surface area (Å²) in [5.74, 6) is 0.102. The largest absolute Gasteiger partial charge is 0.354 e. The molecule has 1 aromatic carbocycles. The fourth-order valence-corrected chi connectivity index (χ4v) is 2.45. The lowest BCUT2D eigenvalue weighted by molar-refractivity contribution is -0.120. The van der Waals surface area contributed by atoms with Crippen LogP contribution in [-0.2, 0) is 11.2 Å². The molecule has 2 N–H and O–H groups in total. The molecule has 4 heteroatoms. The van der Waals surface area contributed by atoms with Crippen LogP contribution >= 0.6 is 15.9 Å². The Kier molecular flexibility index (Phi) is 5.20. The summed E-state index contributed by atoms with van der Waals surface area (Å²) < 4.78 is 1.04. The molecule has 1 atom stereocenters. The molecule has 98 valence electrons. The number of carbonyl (C=O) groups excluding carboxylic acids is 1. The molecule has 1 heterocycles. The number of halogens is 1. The first kappa shape index (κ1) is 13.6. The highest BCUT2D eigenvalue weighted by Crippen LogP contribution is 2.11. The van der Waals surface area contributed by atoms with Crippen molar-refractivity contribution >= 4 is 21.8 Å². The molecule has 1 saturated heterocycles. The van der Waals surface area contributed by atoms with E-state index in [-0.39, 0.29) is 5.91 Å². The second-order valence-electron chi connectivity index (χ2n) is 4.75. The standard InChI is InChI=1S/C14H19BrN2O/c15-12-6-4-11(5-7-12)9-14(18)17-10-13-3-1-2-8-16-13/h4-7,13,16H,1-3,8-10H2,(H,17,18). The van der Waals surface area contributed by atoms with E-state index in [9.17, 15) is 4.79 Å². The van der Waals surface area contributed by atoms with Crippen LogP contribution in [0.1, 0.15) is 24.8 Å². The van der Waals surface area contributed by atoms with Crippen LogP contribution in [-0.4, -0.2) is 25.0 Å². The molecule has 1 aromatic rings. The lowest BCUT2D eigenvalue weighted by atomic mass is 10.1. The van der Waals surface area contributed by atoms with E-state index in [0.717, 1.165) is 23.1 Å². The maximum absolute atomic E-state index is 11.8. The third-order valence-electron chi connectivity index (χ3n) is 3.24. The normalized spacial score (nSPS) is 19.5. The molecular weight excluding hydrogens is 292 g/mol. The minimum absolute atomic E-state index is 0.102. The topological polar surface area (TPSA) is 41.1 Å². The van der Waals surface area contributed by atoms with Crippen LogP contribution in [0.2, 0.25) is 0 Å². The average Bonchev–Trinajstić information content (AvgIpc) is 2.40. The molecule has 1 unspecified atom stereocenters. The Balaban J connectivity index is 1.73. The van der Waals surface area contributed by atoms with Crippen molar-refractivity contribution < 1.29 is 4.79 Å². The lowest BCUT2D eigenvalue weighted by Crippen LogP contribution is -2.43. The van der Waals surface area contributed by atoms with Crippen LogP contribution in [0.25, 0.3) is 0 Å². The van der Waals surface area contributed by atoms with Crippen molar-refractivity contribution in [2.45, 2.75) is 31.7 Å². The Morgan fingerprint density at radius 1 is 1.33 bits per heavy atom. The zero-order chi connectivity index (χ0) is 12.8. The fraction of sp³-hybridized carbons (Fsp3) is 0.500. The minimum atomic E-state index is 0.102. The van der Waals surface area contributed by atoms with Gasteiger partial charge in [-0.15, -0.1) is 0 Å². The van der Waals surface area contributed by atoms with E-state index in [2.05, 4.69) is 26.6 Å². The Morgan fingerprint density at radius 3 is 2.78 bits per heavy atom. The summed E-state index contributed by atoms with van der Waals surface area (Å²) in [5, 5.41) is 6.43. The van der Waals surface area contributed by atoms with Gasteiger partial charge in [0.05, 0.1) is 6.42 Å². The Bertz CT molecular complexity index is 385. The summed E-state index contributed by atoms with van der Waals surface area (Å²) in [5.41, 5.74) is 1.05.